The molecular formula is C16H25N3O2. The van der Waals surface area contributed by atoms with Crippen LogP contribution in [-0.2, 0) is 17.9 Å². The largest absolute Gasteiger partial charge is 0.392 e. The molecule has 0 spiro atoms. The molecule has 3 N–H and O–H groups in total. The van der Waals surface area contributed by atoms with Gasteiger partial charge < -0.3 is 15.7 Å². The van der Waals surface area contributed by atoms with E-state index in [0.717, 1.165) is 37.1 Å². The quantitative estimate of drug-likeness (QED) is 0.713. The molecule has 1 aromatic carbocycles. The minimum atomic E-state index is 0.0280. The van der Waals surface area contributed by atoms with E-state index in [-0.39, 0.29) is 12.5 Å². The highest BCUT2D eigenvalue weighted by Gasteiger charge is 2.19. The number of likely N-dealkylation sites (N-methyl/N-ethyl adjacent to an activating group) is 1. The molecular weight excluding hydrogens is 266 g/mol. The molecule has 1 fully saturated rings. The van der Waals surface area contributed by atoms with Gasteiger partial charge >= 0.3 is 0 Å². The molecule has 116 valence electrons. The Morgan fingerprint density at radius 1 is 1.38 bits per heavy atom. The zero-order valence-corrected chi connectivity index (χ0v) is 12.6. The number of amides is 1. The van der Waals surface area contributed by atoms with Crippen LogP contribution in [0.1, 0.15) is 24.0 Å². The second-order valence-electron chi connectivity index (χ2n) is 5.65. The Hall–Kier alpha value is -1.43. The molecule has 0 aliphatic carbocycles. The number of carbonyl (C=O) groups excluding carboxylic acids is 1. The highest BCUT2D eigenvalue weighted by Crippen LogP contribution is 2.09. The number of carbonyl (C=O) groups is 1. The number of benzene rings is 1. The fourth-order valence-electron chi connectivity index (χ4n) is 2.70. The van der Waals surface area contributed by atoms with Crippen LogP contribution in [-0.4, -0.2) is 48.6 Å². The third kappa shape index (κ3) is 5.12. The lowest BCUT2D eigenvalue weighted by Crippen LogP contribution is -2.45. The van der Waals surface area contributed by atoms with Gasteiger partial charge in [-0.15, -0.1) is 0 Å². The number of rotatable bonds is 6. The number of hydrogen-bond donors (Lipinski definition) is 3. The number of nitrogens with one attached hydrogen (secondary N) is 2. The fourth-order valence-corrected chi connectivity index (χ4v) is 2.70. The summed E-state index contributed by atoms with van der Waals surface area (Å²) in [5, 5.41) is 15.4. The van der Waals surface area contributed by atoms with Crippen LogP contribution in [0.2, 0.25) is 0 Å². The Morgan fingerprint density at radius 3 is 2.81 bits per heavy atom. The molecule has 0 atom stereocenters. The first-order valence-corrected chi connectivity index (χ1v) is 7.55. The summed E-state index contributed by atoms with van der Waals surface area (Å²) >= 11 is 0. The molecule has 21 heavy (non-hydrogen) atoms. The predicted molar refractivity (Wildman–Crippen MR) is 82.7 cm³/mol. The van der Waals surface area contributed by atoms with Crippen molar-refractivity contribution in [2.24, 2.45) is 0 Å². The molecule has 5 heteroatoms. The second kappa shape index (κ2) is 8.12. The van der Waals surface area contributed by atoms with Crippen LogP contribution in [0.4, 0.5) is 0 Å². The van der Waals surface area contributed by atoms with E-state index in [4.69, 9.17) is 5.11 Å². The normalized spacial score (nSPS) is 16.1. The predicted octanol–water partition coefficient (Wildman–Crippen LogP) is 0.479. The lowest BCUT2D eigenvalue weighted by molar-refractivity contribution is -0.122. The van der Waals surface area contributed by atoms with Gasteiger partial charge in [0.1, 0.15) is 0 Å². The topological polar surface area (TPSA) is 64.6 Å². The fraction of sp³-hybridized carbons (Fsp3) is 0.562. The molecule has 1 amide bonds. The monoisotopic (exact) mass is 291 g/mol. The average Bonchev–Trinajstić information content (AvgIpc) is 2.54. The zero-order valence-electron chi connectivity index (χ0n) is 12.6. The van der Waals surface area contributed by atoms with E-state index in [1.54, 1.807) is 0 Å². The Bertz CT molecular complexity index is 459. The van der Waals surface area contributed by atoms with Crippen molar-refractivity contribution in [1.82, 2.24) is 15.5 Å². The van der Waals surface area contributed by atoms with Gasteiger partial charge in [-0.05, 0) is 44.1 Å². The maximum atomic E-state index is 12.0. The zero-order chi connectivity index (χ0) is 15.1. The first-order chi connectivity index (χ1) is 10.2. The molecule has 0 unspecified atom stereocenters. The summed E-state index contributed by atoms with van der Waals surface area (Å²) in [6.45, 7) is 3.03. The van der Waals surface area contributed by atoms with Crippen molar-refractivity contribution >= 4 is 5.91 Å². The third-order valence-corrected chi connectivity index (χ3v) is 3.99. The van der Waals surface area contributed by atoms with Crippen LogP contribution in [0.5, 0.6) is 0 Å². The second-order valence-corrected chi connectivity index (χ2v) is 5.65. The van der Waals surface area contributed by atoms with Gasteiger partial charge in [-0.3, -0.25) is 9.69 Å². The van der Waals surface area contributed by atoms with E-state index in [1.165, 1.54) is 0 Å². The molecule has 0 aromatic heterocycles. The molecule has 0 bridgehead atoms. The van der Waals surface area contributed by atoms with Gasteiger partial charge in [-0.2, -0.15) is 0 Å². The number of nitrogens with zero attached hydrogens (tertiary/aromatic N) is 1. The van der Waals surface area contributed by atoms with Crippen LogP contribution in [0.25, 0.3) is 0 Å². The van der Waals surface area contributed by atoms with Gasteiger partial charge in [0.25, 0.3) is 0 Å². The van der Waals surface area contributed by atoms with E-state index in [0.29, 0.717) is 19.1 Å². The van der Waals surface area contributed by atoms with Crippen molar-refractivity contribution in [3.63, 3.8) is 0 Å². The molecule has 5 nitrogen and oxygen atoms in total. The van der Waals surface area contributed by atoms with E-state index >= 15 is 0 Å². The van der Waals surface area contributed by atoms with Crippen molar-refractivity contribution in [1.29, 1.82) is 0 Å². The Labute approximate surface area is 126 Å². The maximum absolute atomic E-state index is 12.0. The summed E-state index contributed by atoms with van der Waals surface area (Å²) in [4.78, 5) is 14.1. The third-order valence-electron chi connectivity index (χ3n) is 3.99. The number of aliphatic hydroxyl groups is 1. The molecule has 0 saturated carbocycles. The van der Waals surface area contributed by atoms with Crippen molar-refractivity contribution < 1.29 is 9.90 Å². The average molecular weight is 291 g/mol. The molecule has 1 aliphatic heterocycles. The molecule has 0 radical (unpaired) electrons. The molecule has 1 saturated heterocycles. The van der Waals surface area contributed by atoms with Gasteiger partial charge in [0.05, 0.1) is 13.2 Å². The van der Waals surface area contributed by atoms with Gasteiger partial charge in [0.15, 0.2) is 0 Å². The minimum absolute atomic E-state index is 0.0280. The maximum Gasteiger partial charge on any atom is 0.234 e. The summed E-state index contributed by atoms with van der Waals surface area (Å²) in [7, 11) is 2.02. The van der Waals surface area contributed by atoms with Gasteiger partial charge in [0, 0.05) is 12.6 Å². The summed E-state index contributed by atoms with van der Waals surface area (Å²) in [5.41, 5.74) is 1.88. The summed E-state index contributed by atoms with van der Waals surface area (Å²) in [5.74, 6) is 0.0467. The van der Waals surface area contributed by atoms with E-state index < -0.39 is 0 Å². The lowest BCUT2D eigenvalue weighted by Gasteiger charge is -2.31. The summed E-state index contributed by atoms with van der Waals surface area (Å²) in [6.07, 6.45) is 2.20. The smallest absolute Gasteiger partial charge is 0.234 e. The SMILES string of the molecule is CN(CC(=O)NCc1cccc(CO)c1)C1CCNCC1. The highest BCUT2D eigenvalue weighted by atomic mass is 16.3. The Balaban J connectivity index is 1.75. The lowest BCUT2D eigenvalue weighted by atomic mass is 10.1. The molecule has 1 aliphatic rings. The molecule has 1 heterocycles. The van der Waals surface area contributed by atoms with E-state index in [2.05, 4.69) is 15.5 Å². The van der Waals surface area contributed by atoms with Crippen molar-refractivity contribution in [3.05, 3.63) is 35.4 Å². The molecule has 2 rings (SSSR count). The van der Waals surface area contributed by atoms with Gasteiger partial charge in [-0.1, -0.05) is 24.3 Å². The van der Waals surface area contributed by atoms with Crippen LogP contribution >= 0.6 is 0 Å². The summed E-state index contributed by atoms with van der Waals surface area (Å²) < 4.78 is 0. The van der Waals surface area contributed by atoms with Gasteiger partial charge in [0.2, 0.25) is 5.91 Å². The number of piperidine rings is 1. The minimum Gasteiger partial charge on any atom is -0.392 e. The van der Waals surface area contributed by atoms with Crippen LogP contribution in [0, 0.1) is 0 Å². The van der Waals surface area contributed by atoms with E-state index in [9.17, 15) is 4.79 Å². The van der Waals surface area contributed by atoms with Crippen molar-refractivity contribution in [2.45, 2.75) is 32.0 Å². The summed E-state index contributed by atoms with van der Waals surface area (Å²) in [6, 6.07) is 8.13. The molecule has 1 aromatic rings. The van der Waals surface area contributed by atoms with Crippen LogP contribution in [0.3, 0.4) is 0 Å². The Morgan fingerprint density at radius 2 is 2.10 bits per heavy atom. The van der Waals surface area contributed by atoms with Crippen molar-refractivity contribution in [3.8, 4) is 0 Å². The first-order valence-electron chi connectivity index (χ1n) is 7.55. The highest BCUT2D eigenvalue weighted by molar-refractivity contribution is 5.78. The van der Waals surface area contributed by atoms with Crippen LogP contribution in [0.15, 0.2) is 24.3 Å². The standard InChI is InChI=1S/C16H25N3O2/c1-19(15-5-7-17-8-6-15)11-16(21)18-10-13-3-2-4-14(9-13)12-20/h2-4,9,15,17,20H,5-8,10-12H2,1H3,(H,18,21). The first kappa shape index (κ1) is 15.9. The van der Waals surface area contributed by atoms with Gasteiger partial charge in [-0.25, -0.2) is 0 Å². The van der Waals surface area contributed by atoms with Crippen LogP contribution < -0.4 is 10.6 Å². The van der Waals surface area contributed by atoms with Crippen molar-refractivity contribution in [2.75, 3.05) is 26.7 Å². The number of hydrogen-bond acceptors (Lipinski definition) is 4. The Kier molecular flexibility index (Phi) is 6.17. The van der Waals surface area contributed by atoms with E-state index in [1.807, 2.05) is 31.3 Å². The number of aliphatic hydroxyl groups excluding tert-OH is 1.